The largest absolute Gasteiger partial charge is 0.391 e. The lowest BCUT2D eigenvalue weighted by Crippen LogP contribution is -2.37. The van der Waals surface area contributed by atoms with Crippen molar-refractivity contribution >= 4 is 33.1 Å². The Labute approximate surface area is 129 Å². The van der Waals surface area contributed by atoms with Crippen LogP contribution in [-0.2, 0) is 16.6 Å². The smallest absolute Gasteiger partial charge is 0.250 e. The number of aliphatic hydroxyl groups excluding tert-OH is 1. The summed E-state index contributed by atoms with van der Waals surface area (Å²) in [5.41, 5.74) is 0.837. The Morgan fingerprint density at radius 2 is 2.05 bits per heavy atom. The first-order chi connectivity index (χ1) is 9.46. The maximum Gasteiger partial charge on any atom is 0.250 e. The van der Waals surface area contributed by atoms with Crippen LogP contribution in [-0.4, -0.2) is 31.1 Å². The zero-order chi connectivity index (χ0) is 14.8. The third-order valence-electron chi connectivity index (χ3n) is 3.74. The van der Waals surface area contributed by atoms with E-state index in [9.17, 15) is 8.42 Å². The van der Waals surface area contributed by atoms with E-state index >= 15 is 0 Å². The summed E-state index contributed by atoms with van der Waals surface area (Å²) < 4.78 is 27.8. The predicted octanol–water partition coefficient (Wildman–Crippen LogP) is 2.50. The summed E-state index contributed by atoms with van der Waals surface area (Å²) in [6.45, 7) is 1.72. The zero-order valence-corrected chi connectivity index (χ0v) is 14.2. The molecule has 0 spiro atoms. The molecule has 7 heteroatoms. The van der Waals surface area contributed by atoms with E-state index in [0.29, 0.717) is 9.46 Å². The minimum atomic E-state index is -3.45. The normalized spacial score (nSPS) is 23.9. The second-order valence-electron chi connectivity index (χ2n) is 5.16. The predicted molar refractivity (Wildman–Crippen MR) is 84.9 cm³/mol. The van der Waals surface area contributed by atoms with Gasteiger partial charge in [-0.1, -0.05) is 0 Å². The van der Waals surface area contributed by atoms with Crippen LogP contribution < -0.4 is 4.72 Å². The first-order valence-corrected chi connectivity index (χ1v) is 10.3. The Morgan fingerprint density at radius 1 is 1.40 bits per heavy atom. The summed E-state index contributed by atoms with van der Waals surface area (Å²) in [6, 6.07) is 1.69. The number of rotatable bonds is 5. The van der Waals surface area contributed by atoms with Crippen molar-refractivity contribution in [3.63, 3.8) is 0 Å². The third kappa shape index (κ3) is 3.76. The highest BCUT2D eigenvalue weighted by Crippen LogP contribution is 2.30. The molecule has 0 unspecified atom stereocenters. The van der Waals surface area contributed by atoms with Gasteiger partial charge in [0.1, 0.15) is 4.21 Å². The van der Waals surface area contributed by atoms with E-state index in [0.717, 1.165) is 47.5 Å². The average molecular weight is 336 g/mol. The molecular weight excluding hydrogens is 314 g/mol. The summed E-state index contributed by atoms with van der Waals surface area (Å²) in [7, 11) is -3.45. The Balaban J connectivity index is 2.04. The van der Waals surface area contributed by atoms with E-state index in [1.165, 1.54) is 0 Å². The highest BCUT2D eigenvalue weighted by atomic mass is 32.2. The van der Waals surface area contributed by atoms with Gasteiger partial charge in [0.25, 0.3) is 0 Å². The molecule has 1 aliphatic carbocycles. The maximum atomic E-state index is 12.3. The molecule has 1 aromatic heterocycles. The van der Waals surface area contributed by atoms with Crippen LogP contribution in [0.1, 0.15) is 36.1 Å². The number of thiophene rings is 1. The topological polar surface area (TPSA) is 66.4 Å². The first kappa shape index (κ1) is 16.3. The molecule has 0 aromatic carbocycles. The van der Waals surface area contributed by atoms with Crippen LogP contribution in [0.2, 0.25) is 0 Å². The van der Waals surface area contributed by atoms with Crippen molar-refractivity contribution in [2.45, 2.75) is 54.7 Å². The summed E-state index contributed by atoms with van der Waals surface area (Å²) >= 11 is 3.02. The van der Waals surface area contributed by atoms with E-state index in [2.05, 4.69) is 11.0 Å². The molecule has 0 bridgehead atoms. The van der Waals surface area contributed by atoms with E-state index < -0.39 is 10.0 Å². The molecule has 1 fully saturated rings. The molecule has 2 rings (SSSR count). The van der Waals surface area contributed by atoms with Crippen LogP contribution in [0.3, 0.4) is 0 Å². The van der Waals surface area contributed by atoms with Crippen LogP contribution in [0, 0.1) is 6.92 Å². The van der Waals surface area contributed by atoms with Crippen LogP contribution >= 0.6 is 23.1 Å². The van der Waals surface area contributed by atoms with Crippen molar-refractivity contribution in [2.24, 2.45) is 0 Å². The fourth-order valence-corrected chi connectivity index (χ4v) is 5.99. The van der Waals surface area contributed by atoms with Gasteiger partial charge in [-0.15, -0.1) is 11.3 Å². The molecule has 0 saturated heterocycles. The molecule has 0 amide bonds. The van der Waals surface area contributed by atoms with Crippen molar-refractivity contribution in [1.29, 1.82) is 0 Å². The van der Waals surface area contributed by atoms with Gasteiger partial charge in [-0.25, -0.2) is 13.1 Å². The second kappa shape index (κ2) is 6.79. The number of aliphatic hydroxyl groups is 1. The maximum absolute atomic E-state index is 12.3. The van der Waals surface area contributed by atoms with Crippen molar-refractivity contribution in [3.8, 4) is 0 Å². The highest BCUT2D eigenvalue weighted by Gasteiger charge is 2.26. The quantitative estimate of drug-likeness (QED) is 0.868. The van der Waals surface area contributed by atoms with Gasteiger partial charge in [0, 0.05) is 16.2 Å². The minimum absolute atomic E-state index is 0.0448. The van der Waals surface area contributed by atoms with Gasteiger partial charge in [0.2, 0.25) is 10.0 Å². The van der Waals surface area contributed by atoms with E-state index in [1.54, 1.807) is 6.07 Å². The molecule has 114 valence electrons. The lowest BCUT2D eigenvalue weighted by atomic mass is 9.96. The summed E-state index contributed by atoms with van der Waals surface area (Å²) in [5, 5.41) is 9.84. The van der Waals surface area contributed by atoms with Gasteiger partial charge in [0.15, 0.2) is 0 Å². The number of aryl methyl sites for hydroxylation is 1. The molecule has 0 aliphatic heterocycles. The molecule has 20 heavy (non-hydrogen) atoms. The second-order valence-corrected chi connectivity index (χ2v) is 9.38. The summed E-state index contributed by atoms with van der Waals surface area (Å²) in [4.78, 5) is 0.719. The van der Waals surface area contributed by atoms with Crippen LogP contribution in [0.25, 0.3) is 0 Å². The van der Waals surface area contributed by atoms with Crippen LogP contribution in [0.4, 0.5) is 0 Å². The SMILES string of the molecule is CSC1CCC(NS(=O)(=O)c2cc(C)c(CO)s2)CC1. The first-order valence-electron chi connectivity index (χ1n) is 6.71. The monoisotopic (exact) mass is 335 g/mol. The van der Waals surface area contributed by atoms with E-state index in [-0.39, 0.29) is 12.6 Å². The summed E-state index contributed by atoms with van der Waals surface area (Å²) in [5.74, 6) is 0. The van der Waals surface area contributed by atoms with Gasteiger partial charge in [-0.2, -0.15) is 11.8 Å². The molecule has 4 nitrogen and oxygen atoms in total. The fraction of sp³-hybridized carbons (Fsp3) is 0.692. The summed E-state index contributed by atoms with van der Waals surface area (Å²) in [6.07, 6.45) is 6.06. The van der Waals surface area contributed by atoms with Crippen molar-refractivity contribution < 1.29 is 13.5 Å². The van der Waals surface area contributed by atoms with E-state index in [4.69, 9.17) is 5.11 Å². The minimum Gasteiger partial charge on any atom is -0.391 e. The lowest BCUT2D eigenvalue weighted by molar-refractivity contribution is 0.285. The average Bonchev–Trinajstić information content (AvgIpc) is 2.81. The molecule has 2 N–H and O–H groups in total. The fourth-order valence-electron chi connectivity index (χ4n) is 2.47. The highest BCUT2D eigenvalue weighted by molar-refractivity contribution is 7.99. The van der Waals surface area contributed by atoms with Gasteiger partial charge in [0.05, 0.1) is 6.61 Å². The van der Waals surface area contributed by atoms with Gasteiger partial charge >= 0.3 is 0 Å². The van der Waals surface area contributed by atoms with E-state index in [1.807, 2.05) is 18.7 Å². The van der Waals surface area contributed by atoms with Crippen molar-refractivity contribution in [3.05, 3.63) is 16.5 Å². The van der Waals surface area contributed by atoms with Crippen molar-refractivity contribution in [1.82, 2.24) is 4.72 Å². The Morgan fingerprint density at radius 3 is 2.55 bits per heavy atom. The Kier molecular flexibility index (Phi) is 5.53. The number of thioether (sulfide) groups is 1. The molecule has 1 aromatic rings. The van der Waals surface area contributed by atoms with Crippen molar-refractivity contribution in [2.75, 3.05) is 6.26 Å². The third-order valence-corrected chi connectivity index (χ3v) is 8.09. The standard InChI is InChI=1S/C13H21NO3S3/c1-9-7-13(19-12(9)8-15)20(16,17)14-10-3-5-11(18-2)6-4-10/h7,10-11,14-15H,3-6,8H2,1-2H3. The molecule has 0 radical (unpaired) electrons. The molecule has 0 atom stereocenters. The van der Waals surface area contributed by atoms with Gasteiger partial charge < -0.3 is 5.11 Å². The molecular formula is C13H21NO3S3. The molecule has 1 saturated carbocycles. The number of sulfonamides is 1. The molecule has 1 heterocycles. The number of hydrogen-bond donors (Lipinski definition) is 2. The zero-order valence-electron chi connectivity index (χ0n) is 11.8. The Hall–Kier alpha value is -0.0800. The Bertz CT molecular complexity index is 545. The molecule has 1 aliphatic rings. The number of hydrogen-bond acceptors (Lipinski definition) is 5. The van der Waals surface area contributed by atoms with Crippen LogP contribution in [0.15, 0.2) is 10.3 Å². The van der Waals surface area contributed by atoms with Gasteiger partial charge in [-0.05, 0) is 50.5 Å². The van der Waals surface area contributed by atoms with Gasteiger partial charge in [-0.3, -0.25) is 0 Å². The van der Waals surface area contributed by atoms with Crippen LogP contribution in [0.5, 0.6) is 0 Å². The lowest BCUT2D eigenvalue weighted by Gasteiger charge is -2.27. The number of nitrogens with one attached hydrogen (secondary N) is 1.